The van der Waals surface area contributed by atoms with Gasteiger partial charge in [0.25, 0.3) is 0 Å². The number of anilines is 2. The zero-order chi connectivity index (χ0) is 17.2. The van der Waals surface area contributed by atoms with Gasteiger partial charge in [0.2, 0.25) is 6.41 Å². The first kappa shape index (κ1) is 19.9. The molecule has 1 aromatic rings. The third kappa shape index (κ3) is 6.89. The molecule has 2 atom stereocenters. The second-order valence-electron chi connectivity index (χ2n) is 5.39. The van der Waals surface area contributed by atoms with Gasteiger partial charge in [-0.05, 0) is 51.0 Å². The molecule has 0 heterocycles. The Hall–Kier alpha value is -1.11. The molecule has 0 aliphatic heterocycles. The third-order valence-corrected chi connectivity index (χ3v) is 5.12. The van der Waals surface area contributed by atoms with E-state index in [4.69, 9.17) is 4.74 Å². The third-order valence-electron chi connectivity index (χ3n) is 3.64. The summed E-state index contributed by atoms with van der Waals surface area (Å²) in [6.45, 7) is 10.5. The summed E-state index contributed by atoms with van der Waals surface area (Å²) in [6.07, 6.45) is -0.197. The normalized spacial score (nSPS) is 13.6. The maximum Gasteiger partial charge on any atom is 0.235 e. The lowest BCUT2D eigenvalue weighted by molar-refractivity contribution is -0.0721. The summed E-state index contributed by atoms with van der Waals surface area (Å²) in [5.74, 6) is 1.13. The second-order valence-corrected chi connectivity index (χ2v) is 7.08. The van der Waals surface area contributed by atoms with Crippen LogP contribution in [0.4, 0.5) is 11.4 Å². The number of hydrogen-bond donors (Lipinski definition) is 2. The Labute approximate surface area is 142 Å². The van der Waals surface area contributed by atoms with Crippen LogP contribution in [0.5, 0.6) is 0 Å². The van der Waals surface area contributed by atoms with Crippen LogP contribution in [0.2, 0.25) is 0 Å². The van der Waals surface area contributed by atoms with Crippen LogP contribution in [0, 0.1) is 6.92 Å². The van der Waals surface area contributed by atoms with Gasteiger partial charge in [0.1, 0.15) is 0 Å². The Morgan fingerprint density at radius 1 is 1.26 bits per heavy atom. The summed E-state index contributed by atoms with van der Waals surface area (Å²) < 4.78 is 16.8. The molecule has 0 aromatic heterocycles. The van der Waals surface area contributed by atoms with E-state index in [9.17, 15) is 9.32 Å². The van der Waals surface area contributed by atoms with Crippen LogP contribution < -0.4 is 10.2 Å². The Balaban J connectivity index is 2.51. The topological polar surface area (TPSA) is 61.8 Å². The van der Waals surface area contributed by atoms with Crippen molar-refractivity contribution < 1.29 is 14.1 Å². The molecule has 0 fully saturated rings. The quantitative estimate of drug-likeness (QED) is 0.606. The smallest absolute Gasteiger partial charge is 0.235 e. The maximum atomic E-state index is 11.5. The maximum absolute atomic E-state index is 11.5. The van der Waals surface area contributed by atoms with Crippen LogP contribution in [0.1, 0.15) is 32.8 Å². The largest absolute Gasteiger partial charge is 0.372 e. The molecule has 0 bridgehead atoms. The van der Waals surface area contributed by atoms with Crippen molar-refractivity contribution in [2.75, 3.05) is 41.4 Å². The van der Waals surface area contributed by atoms with Crippen LogP contribution >= 0.6 is 0 Å². The molecule has 0 aliphatic carbocycles. The van der Waals surface area contributed by atoms with E-state index in [0.29, 0.717) is 11.5 Å². The van der Waals surface area contributed by atoms with Gasteiger partial charge in [0.15, 0.2) is 0 Å². The molecule has 1 rings (SSSR count). The van der Waals surface area contributed by atoms with Crippen molar-refractivity contribution in [1.29, 1.82) is 0 Å². The molecule has 0 saturated heterocycles. The highest BCUT2D eigenvalue weighted by atomic mass is 32.2. The molecule has 1 aromatic carbocycles. The fourth-order valence-corrected chi connectivity index (χ4v) is 3.29. The fourth-order valence-electron chi connectivity index (χ4n) is 2.35. The van der Waals surface area contributed by atoms with Crippen LogP contribution in [0.25, 0.3) is 0 Å². The van der Waals surface area contributed by atoms with E-state index in [1.165, 1.54) is 5.69 Å². The van der Waals surface area contributed by atoms with Gasteiger partial charge in [-0.25, -0.2) is 0 Å². The van der Waals surface area contributed by atoms with Crippen LogP contribution in [0.3, 0.4) is 0 Å². The molecule has 2 N–H and O–H groups in total. The lowest BCUT2D eigenvalue weighted by atomic mass is 10.1. The zero-order valence-electron chi connectivity index (χ0n) is 14.7. The van der Waals surface area contributed by atoms with Crippen LogP contribution in [-0.4, -0.2) is 46.9 Å². The molecule has 2 unspecified atom stereocenters. The minimum Gasteiger partial charge on any atom is -0.372 e. The van der Waals surface area contributed by atoms with Gasteiger partial charge in [-0.3, -0.25) is 4.21 Å². The van der Waals surface area contributed by atoms with Crippen LogP contribution in [0.15, 0.2) is 18.2 Å². The van der Waals surface area contributed by atoms with Crippen molar-refractivity contribution in [3.05, 3.63) is 23.8 Å². The summed E-state index contributed by atoms with van der Waals surface area (Å²) in [6, 6.07) is 6.08. The van der Waals surface area contributed by atoms with Crippen molar-refractivity contribution in [2.24, 2.45) is 0 Å². The fraction of sp³-hybridized carbons (Fsp3) is 0.647. The number of aliphatic hydroxyl groups is 1. The highest BCUT2D eigenvalue weighted by molar-refractivity contribution is 7.84. The number of hydrogen-bond acceptors (Lipinski definition) is 5. The first-order valence-electron chi connectivity index (χ1n) is 8.28. The monoisotopic (exact) mass is 342 g/mol. The summed E-state index contributed by atoms with van der Waals surface area (Å²) in [5, 5.41) is 12.8. The highest BCUT2D eigenvalue weighted by Crippen LogP contribution is 2.23. The van der Waals surface area contributed by atoms with Gasteiger partial charge in [-0.2, -0.15) is 0 Å². The van der Waals surface area contributed by atoms with Crippen molar-refractivity contribution in [3.63, 3.8) is 0 Å². The van der Waals surface area contributed by atoms with Gasteiger partial charge in [-0.1, -0.05) is 6.92 Å². The molecule has 0 spiro atoms. The predicted molar refractivity (Wildman–Crippen MR) is 98.5 cm³/mol. The average Bonchev–Trinajstić information content (AvgIpc) is 2.51. The van der Waals surface area contributed by atoms with Crippen molar-refractivity contribution in [1.82, 2.24) is 0 Å². The number of benzene rings is 1. The molecule has 5 nitrogen and oxygen atoms in total. The molecule has 0 amide bonds. The molecular weight excluding hydrogens is 312 g/mol. The van der Waals surface area contributed by atoms with E-state index in [1.807, 2.05) is 26.0 Å². The van der Waals surface area contributed by atoms with E-state index in [-0.39, 0.29) is 6.61 Å². The molecule has 0 aliphatic rings. The standard InChI is InChI=1S/C17H30N2O3S/c1-5-11-23(21)12-10-22-17(20)18-16-9-8-15(13-14(16)4)19(6-2)7-3/h8-9,13,17-18,20H,5-7,10-12H2,1-4H3. The lowest BCUT2D eigenvalue weighted by Crippen LogP contribution is -2.25. The Kier molecular flexibility index (Phi) is 9.21. The van der Waals surface area contributed by atoms with Crippen LogP contribution in [-0.2, 0) is 15.5 Å². The number of aliphatic hydroxyl groups excluding tert-OH is 1. The highest BCUT2D eigenvalue weighted by Gasteiger charge is 2.09. The molecule has 132 valence electrons. The number of aryl methyl sites for hydroxylation is 1. The van der Waals surface area contributed by atoms with Crippen molar-refractivity contribution in [3.8, 4) is 0 Å². The molecule has 0 saturated carbocycles. The predicted octanol–water partition coefficient (Wildman–Crippen LogP) is 2.70. The molecule has 23 heavy (non-hydrogen) atoms. The Bertz CT molecular complexity index is 493. The summed E-state index contributed by atoms with van der Waals surface area (Å²) in [7, 11) is -0.867. The minimum atomic E-state index is -1.09. The summed E-state index contributed by atoms with van der Waals surface area (Å²) >= 11 is 0. The zero-order valence-corrected chi connectivity index (χ0v) is 15.5. The van der Waals surface area contributed by atoms with Gasteiger partial charge >= 0.3 is 0 Å². The SMILES string of the molecule is CCCS(=O)CCOC(O)Nc1ccc(N(CC)CC)cc1C. The number of nitrogens with zero attached hydrogens (tertiary/aromatic N) is 1. The first-order valence-corrected chi connectivity index (χ1v) is 9.77. The van der Waals surface area contributed by atoms with Crippen molar-refractivity contribution in [2.45, 2.75) is 40.5 Å². The Morgan fingerprint density at radius 2 is 1.96 bits per heavy atom. The second kappa shape index (κ2) is 10.6. The minimum absolute atomic E-state index is 0.275. The number of rotatable bonds is 11. The van der Waals surface area contributed by atoms with E-state index in [2.05, 4.69) is 30.1 Å². The van der Waals surface area contributed by atoms with Gasteiger partial charge < -0.3 is 20.1 Å². The van der Waals surface area contributed by atoms with E-state index < -0.39 is 17.2 Å². The van der Waals surface area contributed by atoms with Crippen molar-refractivity contribution >= 4 is 22.2 Å². The lowest BCUT2D eigenvalue weighted by Gasteiger charge is -2.23. The first-order chi connectivity index (χ1) is 11.0. The molecule has 6 heteroatoms. The number of ether oxygens (including phenoxy) is 1. The Morgan fingerprint density at radius 3 is 2.52 bits per heavy atom. The van der Waals surface area contributed by atoms with Gasteiger partial charge in [0, 0.05) is 46.8 Å². The van der Waals surface area contributed by atoms with E-state index in [0.717, 1.165) is 30.8 Å². The summed E-state index contributed by atoms with van der Waals surface area (Å²) in [5.41, 5.74) is 3.05. The number of nitrogens with one attached hydrogen (secondary N) is 1. The van der Waals surface area contributed by atoms with E-state index >= 15 is 0 Å². The molecule has 0 radical (unpaired) electrons. The molecular formula is C17H30N2O3S. The van der Waals surface area contributed by atoms with Gasteiger partial charge in [0.05, 0.1) is 6.61 Å². The van der Waals surface area contributed by atoms with Gasteiger partial charge in [-0.15, -0.1) is 0 Å². The average molecular weight is 343 g/mol. The van der Waals surface area contributed by atoms with E-state index in [1.54, 1.807) is 0 Å². The summed E-state index contributed by atoms with van der Waals surface area (Å²) in [4.78, 5) is 2.27.